The number of rotatable bonds is 9. The maximum atomic E-state index is 13.5. The maximum absolute atomic E-state index is 13.5. The maximum Gasteiger partial charge on any atom is 0.303 e. The minimum Gasteiger partial charge on any atom is -0.452 e. The van der Waals surface area contributed by atoms with Crippen LogP contribution < -0.4 is 10.7 Å². The molecule has 40 heavy (non-hydrogen) atoms. The largest absolute Gasteiger partial charge is 0.452 e. The molecule has 0 bridgehead atoms. The SMILES string of the molecule is C/C=C/c1ccc2ccc([C@@H](C)N(C)C(=O)[C@@H]3CCCN(C(=O)[C@H](C)NC(=O)[C@@H](OC(C)=O)C(C)C)N3)nc2c1. The number of hydrogen-bond donors (Lipinski definition) is 2. The summed E-state index contributed by atoms with van der Waals surface area (Å²) in [5.74, 6) is -1.89. The van der Waals surface area contributed by atoms with Crippen molar-refractivity contribution in [3.8, 4) is 0 Å². The molecule has 0 radical (unpaired) electrons. The Labute approximate surface area is 236 Å². The number of hydrazine groups is 1. The molecule has 1 aromatic carbocycles. The summed E-state index contributed by atoms with van der Waals surface area (Å²) in [4.78, 5) is 57.1. The van der Waals surface area contributed by atoms with Gasteiger partial charge in [-0.2, -0.15) is 0 Å². The van der Waals surface area contributed by atoms with Crippen LogP contribution in [0.3, 0.4) is 0 Å². The first-order valence-corrected chi connectivity index (χ1v) is 13.8. The summed E-state index contributed by atoms with van der Waals surface area (Å²) in [6.07, 6.45) is 4.20. The lowest BCUT2D eigenvalue weighted by Crippen LogP contribution is -2.61. The van der Waals surface area contributed by atoms with Crippen molar-refractivity contribution in [1.29, 1.82) is 0 Å². The summed E-state index contributed by atoms with van der Waals surface area (Å²) < 4.78 is 5.12. The molecule has 0 spiro atoms. The Morgan fingerprint density at radius 2 is 1.85 bits per heavy atom. The summed E-state index contributed by atoms with van der Waals surface area (Å²) in [6.45, 7) is 10.6. The molecule has 0 unspecified atom stereocenters. The highest BCUT2D eigenvalue weighted by atomic mass is 16.5. The zero-order valence-corrected chi connectivity index (χ0v) is 24.4. The molecule has 1 fully saturated rings. The molecule has 3 rings (SSSR count). The second-order valence-corrected chi connectivity index (χ2v) is 10.6. The Kier molecular flexibility index (Phi) is 10.4. The number of aromatic nitrogens is 1. The molecular formula is C30H41N5O5. The van der Waals surface area contributed by atoms with Gasteiger partial charge in [-0.15, -0.1) is 0 Å². The Hall–Kier alpha value is -3.79. The molecule has 1 aliphatic heterocycles. The van der Waals surface area contributed by atoms with E-state index >= 15 is 0 Å². The number of ether oxygens (including phenoxy) is 1. The number of allylic oxidation sites excluding steroid dienone is 1. The van der Waals surface area contributed by atoms with Crippen molar-refractivity contribution in [2.75, 3.05) is 13.6 Å². The number of fused-ring (bicyclic) bond motifs is 1. The van der Waals surface area contributed by atoms with Gasteiger partial charge >= 0.3 is 5.97 Å². The van der Waals surface area contributed by atoms with Gasteiger partial charge < -0.3 is 15.0 Å². The summed E-state index contributed by atoms with van der Waals surface area (Å²) in [5.41, 5.74) is 5.75. The van der Waals surface area contributed by atoms with Gasteiger partial charge in [0.1, 0.15) is 12.1 Å². The number of pyridine rings is 1. The third kappa shape index (κ3) is 7.44. The number of nitrogens with one attached hydrogen (secondary N) is 2. The van der Waals surface area contributed by atoms with E-state index in [1.54, 1.807) is 32.7 Å². The quantitative estimate of drug-likeness (QED) is 0.459. The zero-order chi connectivity index (χ0) is 29.6. The van der Waals surface area contributed by atoms with E-state index in [1.807, 2.05) is 56.3 Å². The van der Waals surface area contributed by atoms with Crippen LogP contribution in [0.5, 0.6) is 0 Å². The summed E-state index contributed by atoms with van der Waals surface area (Å²) in [6, 6.07) is 8.27. The summed E-state index contributed by atoms with van der Waals surface area (Å²) >= 11 is 0. The molecule has 0 saturated carbocycles. The lowest BCUT2D eigenvalue weighted by Gasteiger charge is -2.37. The predicted molar refractivity (Wildman–Crippen MR) is 154 cm³/mol. The molecule has 216 valence electrons. The predicted octanol–water partition coefficient (Wildman–Crippen LogP) is 3.38. The van der Waals surface area contributed by atoms with Gasteiger partial charge in [0, 0.05) is 25.9 Å². The highest BCUT2D eigenvalue weighted by Crippen LogP contribution is 2.23. The van der Waals surface area contributed by atoms with E-state index in [-0.39, 0.29) is 23.8 Å². The van der Waals surface area contributed by atoms with Crippen LogP contribution in [0.2, 0.25) is 0 Å². The van der Waals surface area contributed by atoms with Crippen molar-refractivity contribution in [2.45, 2.75) is 78.6 Å². The van der Waals surface area contributed by atoms with E-state index in [0.29, 0.717) is 19.4 Å². The van der Waals surface area contributed by atoms with E-state index in [4.69, 9.17) is 9.72 Å². The highest BCUT2D eigenvalue weighted by Gasteiger charge is 2.34. The molecular weight excluding hydrogens is 510 g/mol. The summed E-state index contributed by atoms with van der Waals surface area (Å²) in [7, 11) is 1.74. The second-order valence-electron chi connectivity index (χ2n) is 10.6. The van der Waals surface area contributed by atoms with Crippen LogP contribution in [0.15, 0.2) is 36.4 Å². The number of benzene rings is 1. The van der Waals surface area contributed by atoms with Crippen LogP contribution in [-0.2, 0) is 23.9 Å². The standard InChI is InChI=1S/C30H41N5O5/c1-8-10-22-12-13-23-14-15-24(32-26(23)17-22)20(5)34(7)30(39)25-11-9-16-35(33-25)29(38)19(4)31-28(37)27(18(2)3)40-21(6)36/h8,10,12-15,17-20,25,27,33H,9,11,16H2,1-7H3,(H,31,37)/b10-8+/t19-,20+,25-,27-/m0/s1. The highest BCUT2D eigenvalue weighted by molar-refractivity contribution is 5.90. The third-order valence-corrected chi connectivity index (χ3v) is 7.09. The molecule has 1 aliphatic rings. The Morgan fingerprint density at radius 1 is 1.15 bits per heavy atom. The first-order valence-electron chi connectivity index (χ1n) is 13.8. The number of esters is 1. The monoisotopic (exact) mass is 551 g/mol. The van der Waals surface area contributed by atoms with Crippen molar-refractivity contribution in [3.63, 3.8) is 0 Å². The molecule has 2 aromatic rings. The molecule has 3 amide bonds. The number of hydrogen-bond acceptors (Lipinski definition) is 7. The van der Waals surface area contributed by atoms with Gasteiger partial charge in [0.25, 0.3) is 11.8 Å². The zero-order valence-electron chi connectivity index (χ0n) is 24.4. The van der Waals surface area contributed by atoms with Gasteiger partial charge in [0.2, 0.25) is 5.91 Å². The topological polar surface area (TPSA) is 121 Å². The lowest BCUT2D eigenvalue weighted by atomic mass is 10.0. The van der Waals surface area contributed by atoms with Crippen molar-refractivity contribution in [3.05, 3.63) is 47.7 Å². The van der Waals surface area contributed by atoms with E-state index in [0.717, 1.165) is 22.2 Å². The average molecular weight is 552 g/mol. The van der Waals surface area contributed by atoms with Gasteiger partial charge in [-0.3, -0.25) is 29.2 Å². The summed E-state index contributed by atoms with van der Waals surface area (Å²) in [5, 5.41) is 5.06. The van der Waals surface area contributed by atoms with Crippen LogP contribution >= 0.6 is 0 Å². The van der Waals surface area contributed by atoms with E-state index in [1.165, 1.54) is 11.9 Å². The van der Waals surface area contributed by atoms with Gasteiger partial charge in [-0.1, -0.05) is 44.2 Å². The molecule has 2 heterocycles. The third-order valence-electron chi connectivity index (χ3n) is 7.09. The van der Waals surface area contributed by atoms with Crippen LogP contribution in [0, 0.1) is 5.92 Å². The Morgan fingerprint density at radius 3 is 2.50 bits per heavy atom. The van der Waals surface area contributed by atoms with Gasteiger partial charge in [0.05, 0.1) is 17.3 Å². The van der Waals surface area contributed by atoms with Crippen molar-refractivity contribution < 1.29 is 23.9 Å². The number of likely N-dealkylation sites (N-methyl/N-ethyl adjacent to an activating group) is 1. The molecule has 2 N–H and O–H groups in total. The number of carbonyl (C=O) groups is 4. The van der Waals surface area contributed by atoms with Crippen LogP contribution in [0.25, 0.3) is 17.0 Å². The van der Waals surface area contributed by atoms with Crippen LogP contribution in [-0.4, -0.2) is 70.4 Å². The van der Waals surface area contributed by atoms with Crippen LogP contribution in [0.4, 0.5) is 0 Å². The first kappa shape index (κ1) is 30.7. The van der Waals surface area contributed by atoms with Gasteiger partial charge in [-0.05, 0) is 57.2 Å². The second kappa shape index (κ2) is 13.5. The lowest BCUT2D eigenvalue weighted by molar-refractivity contribution is -0.157. The molecule has 4 atom stereocenters. The fraction of sp³-hybridized carbons (Fsp3) is 0.500. The van der Waals surface area contributed by atoms with Crippen LogP contribution in [0.1, 0.15) is 71.7 Å². The van der Waals surface area contributed by atoms with Crippen molar-refractivity contribution in [2.24, 2.45) is 5.92 Å². The van der Waals surface area contributed by atoms with E-state index < -0.39 is 30.1 Å². The minimum absolute atomic E-state index is 0.152. The molecule has 10 nitrogen and oxygen atoms in total. The molecule has 10 heteroatoms. The van der Waals surface area contributed by atoms with E-state index in [9.17, 15) is 19.2 Å². The number of amides is 3. The van der Waals surface area contributed by atoms with E-state index in [2.05, 4.69) is 10.7 Å². The van der Waals surface area contributed by atoms with Crippen molar-refractivity contribution >= 4 is 40.7 Å². The number of carbonyl (C=O) groups excluding carboxylic acids is 4. The minimum atomic E-state index is -0.995. The first-order chi connectivity index (χ1) is 18.9. The Balaban J connectivity index is 1.66. The smallest absolute Gasteiger partial charge is 0.303 e. The van der Waals surface area contributed by atoms with Gasteiger partial charge in [0.15, 0.2) is 6.10 Å². The average Bonchev–Trinajstić information content (AvgIpc) is 2.93. The molecule has 1 saturated heterocycles. The fourth-order valence-electron chi connectivity index (χ4n) is 4.70. The fourth-order valence-corrected chi connectivity index (χ4v) is 4.70. The molecule has 1 aromatic heterocycles. The van der Waals surface area contributed by atoms with Crippen molar-refractivity contribution in [1.82, 2.24) is 25.6 Å². The normalized spacial score (nSPS) is 17.9. The number of nitrogens with zero attached hydrogens (tertiary/aromatic N) is 3. The van der Waals surface area contributed by atoms with Gasteiger partial charge in [-0.25, -0.2) is 5.43 Å². The Bertz CT molecular complexity index is 1280. The molecule has 0 aliphatic carbocycles.